The Labute approximate surface area is 152 Å². The highest BCUT2D eigenvalue weighted by molar-refractivity contribution is 5.71. The molecule has 0 aromatic heterocycles. The Morgan fingerprint density at radius 3 is 2.46 bits per heavy atom. The van der Waals surface area contributed by atoms with Crippen LogP contribution >= 0.6 is 0 Å². The first-order valence-corrected chi connectivity index (χ1v) is 8.08. The molecule has 0 saturated heterocycles. The summed E-state index contributed by atoms with van der Waals surface area (Å²) < 4.78 is 14.9. The molecule has 0 radical (unpaired) electrons. The number of methoxy groups -OCH3 is 1. The molecule has 26 heavy (non-hydrogen) atoms. The van der Waals surface area contributed by atoms with Crippen LogP contribution in [0, 0.1) is 0 Å². The van der Waals surface area contributed by atoms with Crippen molar-refractivity contribution >= 4 is 18.1 Å². The quantitative estimate of drug-likeness (QED) is 0.736. The zero-order chi connectivity index (χ0) is 18.6. The van der Waals surface area contributed by atoms with E-state index in [1.807, 2.05) is 54.6 Å². The van der Waals surface area contributed by atoms with Crippen LogP contribution in [-0.4, -0.2) is 32.3 Å². The summed E-state index contributed by atoms with van der Waals surface area (Å²) in [6, 6.07) is 16.7. The van der Waals surface area contributed by atoms with Gasteiger partial charge in [0.2, 0.25) is 0 Å². The molecule has 0 aliphatic carbocycles. The van der Waals surface area contributed by atoms with Crippen LogP contribution in [0.15, 0.2) is 60.7 Å². The van der Waals surface area contributed by atoms with Crippen LogP contribution in [0.5, 0.6) is 5.75 Å². The number of alkyl carbamates (subject to hydrolysis) is 1. The first-order chi connectivity index (χ1) is 12.7. The van der Waals surface area contributed by atoms with E-state index >= 15 is 0 Å². The topological polar surface area (TPSA) is 73.9 Å². The fraction of sp³-hybridized carbons (Fsp3) is 0.200. The summed E-state index contributed by atoms with van der Waals surface area (Å²) in [7, 11) is 1.31. The molecule has 0 heterocycles. The number of hydrogen-bond donors (Lipinski definition) is 1. The molecule has 0 aliphatic rings. The number of esters is 1. The number of amides is 1. The van der Waals surface area contributed by atoms with Crippen molar-refractivity contribution in [2.45, 2.75) is 6.61 Å². The van der Waals surface area contributed by atoms with E-state index in [9.17, 15) is 9.59 Å². The zero-order valence-corrected chi connectivity index (χ0v) is 14.5. The van der Waals surface area contributed by atoms with E-state index in [0.717, 1.165) is 11.1 Å². The third-order valence-electron chi connectivity index (χ3n) is 3.35. The summed E-state index contributed by atoms with van der Waals surface area (Å²) >= 11 is 0. The zero-order valence-electron chi connectivity index (χ0n) is 14.5. The molecule has 2 aromatic carbocycles. The van der Waals surface area contributed by atoms with Crippen LogP contribution in [0.4, 0.5) is 4.79 Å². The van der Waals surface area contributed by atoms with Crippen LogP contribution in [0.2, 0.25) is 0 Å². The number of carbonyl (C=O) groups is 2. The van der Waals surface area contributed by atoms with Crippen LogP contribution in [0.25, 0.3) is 6.08 Å². The van der Waals surface area contributed by atoms with Crippen molar-refractivity contribution in [2.24, 2.45) is 0 Å². The van der Waals surface area contributed by atoms with E-state index in [4.69, 9.17) is 9.47 Å². The van der Waals surface area contributed by atoms with Crippen molar-refractivity contribution in [1.82, 2.24) is 5.32 Å². The lowest BCUT2D eigenvalue weighted by Gasteiger charge is -2.05. The van der Waals surface area contributed by atoms with Gasteiger partial charge < -0.3 is 19.5 Å². The molecule has 0 unspecified atom stereocenters. The average Bonchev–Trinajstić information content (AvgIpc) is 2.69. The third-order valence-corrected chi connectivity index (χ3v) is 3.35. The van der Waals surface area contributed by atoms with Crippen molar-refractivity contribution in [3.8, 4) is 5.75 Å². The number of nitrogens with one attached hydrogen (secondary N) is 1. The van der Waals surface area contributed by atoms with Crippen molar-refractivity contribution in [3.63, 3.8) is 0 Å². The number of rotatable bonds is 8. The maximum atomic E-state index is 11.6. The molecule has 6 nitrogen and oxygen atoms in total. The predicted molar refractivity (Wildman–Crippen MR) is 97.6 cm³/mol. The fourth-order valence-electron chi connectivity index (χ4n) is 1.99. The van der Waals surface area contributed by atoms with Gasteiger partial charge in [0.25, 0.3) is 0 Å². The summed E-state index contributed by atoms with van der Waals surface area (Å²) in [5.41, 5.74) is 1.88. The highest BCUT2D eigenvalue weighted by atomic mass is 16.6. The first kappa shape index (κ1) is 19.1. The Hall–Kier alpha value is -3.28. The van der Waals surface area contributed by atoms with Crippen LogP contribution in [0.1, 0.15) is 11.1 Å². The Morgan fingerprint density at radius 2 is 1.77 bits per heavy atom. The SMILES string of the molecule is COC(=O)COc1ccc(C=CCNC(=O)OCc2ccccc2)cc1. The number of ether oxygens (including phenoxy) is 3. The molecule has 0 atom stereocenters. The lowest BCUT2D eigenvalue weighted by Crippen LogP contribution is -2.24. The predicted octanol–water partition coefficient (Wildman–Crippen LogP) is 3.18. The van der Waals surface area contributed by atoms with Crippen LogP contribution < -0.4 is 10.1 Å². The normalized spacial score (nSPS) is 10.3. The largest absolute Gasteiger partial charge is 0.482 e. The molecular formula is C20H21NO5. The van der Waals surface area contributed by atoms with Crippen LogP contribution in [-0.2, 0) is 20.9 Å². The standard InChI is InChI=1S/C20H21NO5/c1-24-19(22)15-25-18-11-9-16(10-12-18)8-5-13-21-20(23)26-14-17-6-3-2-4-7-17/h2-12H,13-15H2,1H3,(H,21,23). The van der Waals surface area contributed by atoms with Gasteiger partial charge in [-0.15, -0.1) is 0 Å². The Morgan fingerprint density at radius 1 is 1.04 bits per heavy atom. The van der Waals surface area contributed by atoms with E-state index in [-0.39, 0.29) is 13.2 Å². The van der Waals surface area contributed by atoms with Gasteiger partial charge in [0.1, 0.15) is 12.4 Å². The van der Waals surface area contributed by atoms with Gasteiger partial charge in [-0.25, -0.2) is 9.59 Å². The van der Waals surface area contributed by atoms with Gasteiger partial charge in [-0.1, -0.05) is 54.6 Å². The van der Waals surface area contributed by atoms with E-state index in [2.05, 4.69) is 10.1 Å². The molecule has 0 aliphatic heterocycles. The maximum absolute atomic E-state index is 11.6. The molecule has 2 rings (SSSR count). The lowest BCUT2D eigenvalue weighted by atomic mass is 10.2. The molecule has 136 valence electrons. The fourth-order valence-corrected chi connectivity index (χ4v) is 1.99. The minimum absolute atomic E-state index is 0.124. The number of benzene rings is 2. The smallest absolute Gasteiger partial charge is 0.407 e. The van der Waals surface area contributed by atoms with Crippen molar-refractivity contribution < 1.29 is 23.8 Å². The van der Waals surface area contributed by atoms with E-state index in [1.165, 1.54) is 7.11 Å². The molecule has 0 spiro atoms. The van der Waals surface area contributed by atoms with Gasteiger partial charge in [-0.2, -0.15) is 0 Å². The Balaban J connectivity index is 1.67. The van der Waals surface area contributed by atoms with E-state index in [0.29, 0.717) is 12.3 Å². The van der Waals surface area contributed by atoms with Gasteiger partial charge in [-0.05, 0) is 23.3 Å². The minimum Gasteiger partial charge on any atom is -0.482 e. The molecule has 2 aromatic rings. The van der Waals surface area contributed by atoms with Gasteiger partial charge in [0, 0.05) is 6.54 Å². The Kier molecular flexibility index (Phi) is 7.74. The molecular weight excluding hydrogens is 334 g/mol. The molecule has 0 saturated carbocycles. The molecule has 1 N–H and O–H groups in total. The summed E-state index contributed by atoms with van der Waals surface area (Å²) in [6.45, 7) is 0.471. The Bertz CT molecular complexity index is 726. The third kappa shape index (κ3) is 7.09. The van der Waals surface area contributed by atoms with Gasteiger partial charge >= 0.3 is 12.1 Å². The second-order valence-electron chi connectivity index (χ2n) is 5.28. The first-order valence-electron chi connectivity index (χ1n) is 8.08. The van der Waals surface area contributed by atoms with E-state index in [1.54, 1.807) is 12.1 Å². The number of hydrogen-bond acceptors (Lipinski definition) is 5. The summed E-state index contributed by atoms with van der Waals surface area (Å²) in [5, 5.41) is 2.65. The van der Waals surface area contributed by atoms with Gasteiger partial charge in [0.05, 0.1) is 7.11 Å². The molecule has 1 amide bonds. The van der Waals surface area contributed by atoms with Gasteiger partial charge in [0.15, 0.2) is 6.61 Å². The molecule has 0 bridgehead atoms. The monoisotopic (exact) mass is 355 g/mol. The summed E-state index contributed by atoms with van der Waals surface area (Å²) in [6.07, 6.45) is 3.21. The summed E-state index contributed by atoms with van der Waals surface area (Å²) in [5.74, 6) is 0.148. The molecule has 0 fully saturated rings. The van der Waals surface area contributed by atoms with Crippen LogP contribution in [0.3, 0.4) is 0 Å². The molecule has 6 heteroatoms. The van der Waals surface area contributed by atoms with Crippen molar-refractivity contribution in [2.75, 3.05) is 20.3 Å². The minimum atomic E-state index is -0.468. The highest BCUT2D eigenvalue weighted by Crippen LogP contribution is 2.13. The van der Waals surface area contributed by atoms with Crippen molar-refractivity contribution in [1.29, 1.82) is 0 Å². The summed E-state index contributed by atoms with van der Waals surface area (Å²) in [4.78, 5) is 22.6. The average molecular weight is 355 g/mol. The maximum Gasteiger partial charge on any atom is 0.407 e. The second kappa shape index (κ2) is 10.6. The van der Waals surface area contributed by atoms with Gasteiger partial charge in [-0.3, -0.25) is 0 Å². The highest BCUT2D eigenvalue weighted by Gasteiger charge is 2.02. The van der Waals surface area contributed by atoms with E-state index < -0.39 is 12.1 Å². The lowest BCUT2D eigenvalue weighted by molar-refractivity contribution is -0.142. The second-order valence-corrected chi connectivity index (χ2v) is 5.28. The number of carbonyl (C=O) groups excluding carboxylic acids is 2. The van der Waals surface area contributed by atoms with Crippen molar-refractivity contribution in [3.05, 3.63) is 71.8 Å².